The fourth-order valence-electron chi connectivity index (χ4n) is 6.09. The van der Waals surface area contributed by atoms with E-state index >= 15 is 0 Å². The number of nitrogens with zero attached hydrogens (tertiary/aromatic N) is 2. The molecule has 9 heteroatoms. The van der Waals surface area contributed by atoms with Crippen molar-refractivity contribution in [3.05, 3.63) is 112 Å². The van der Waals surface area contributed by atoms with Crippen LogP contribution >= 0.6 is 0 Å². The Kier molecular flexibility index (Phi) is 7.87. The second-order valence-corrected chi connectivity index (χ2v) is 10.9. The quantitative estimate of drug-likeness (QED) is 0.291. The number of methoxy groups -OCH3 is 1. The van der Waals surface area contributed by atoms with Crippen LogP contribution in [0.5, 0.6) is 11.5 Å². The van der Waals surface area contributed by atoms with E-state index in [0.717, 1.165) is 30.1 Å². The molecule has 2 amide bonds. The van der Waals surface area contributed by atoms with Gasteiger partial charge in [-0.05, 0) is 92.1 Å². The van der Waals surface area contributed by atoms with Crippen LogP contribution in [0.25, 0.3) is 0 Å². The Morgan fingerprint density at radius 3 is 2.30 bits per heavy atom. The molecule has 2 atom stereocenters. The maximum absolute atomic E-state index is 13.4. The molecular weight excluding hydrogens is 544 g/mol. The summed E-state index contributed by atoms with van der Waals surface area (Å²) in [7, 11) is 1.58. The first kappa shape index (κ1) is 28.1. The number of carbonyl (C=O) groups excluding carboxylic acids is 2. The van der Waals surface area contributed by atoms with Crippen molar-refractivity contribution in [2.75, 3.05) is 42.3 Å². The summed E-state index contributed by atoms with van der Waals surface area (Å²) in [5.41, 5.74) is 3.99. The molecule has 43 heavy (non-hydrogen) atoms. The van der Waals surface area contributed by atoms with Crippen molar-refractivity contribution in [2.45, 2.75) is 25.8 Å². The van der Waals surface area contributed by atoms with Gasteiger partial charge < -0.3 is 29.6 Å². The SMILES string of the molecule is CCOc1ccc(NC(=O)c2ccc(N3CC4CC(C3)c3cccc(=O)n3C4)c(NC(=O)c3ccc(OC)cc3)c2)cc1. The molecule has 2 bridgehead atoms. The summed E-state index contributed by atoms with van der Waals surface area (Å²) in [5, 5.41) is 6.00. The molecule has 2 aliphatic rings. The Hall–Kier alpha value is -5.05. The standard InChI is InChI=1S/C34H34N4O5/c1-3-43-28-14-10-26(11-15-28)35-34(41)24-9-16-31(29(18-24)36-33(40)23-7-12-27(42-2)13-8-23)37-19-22-17-25(21-37)30-5-4-6-32(39)38(30)20-22/h4-16,18,22,25H,3,17,19-21H2,1-2H3,(H,35,41)(H,36,40). The van der Waals surface area contributed by atoms with Gasteiger partial charge >= 0.3 is 0 Å². The predicted molar refractivity (Wildman–Crippen MR) is 167 cm³/mol. The van der Waals surface area contributed by atoms with Gasteiger partial charge in [0.15, 0.2) is 0 Å². The lowest BCUT2D eigenvalue weighted by Gasteiger charge is -2.44. The number of anilines is 3. The van der Waals surface area contributed by atoms with E-state index in [1.54, 1.807) is 61.7 Å². The van der Waals surface area contributed by atoms with Crippen molar-refractivity contribution in [1.29, 1.82) is 0 Å². The average molecular weight is 579 g/mol. The molecule has 0 aliphatic carbocycles. The average Bonchev–Trinajstić information content (AvgIpc) is 3.02. The van der Waals surface area contributed by atoms with Gasteiger partial charge in [-0.2, -0.15) is 0 Å². The lowest BCUT2D eigenvalue weighted by Crippen LogP contribution is -2.47. The van der Waals surface area contributed by atoms with E-state index in [-0.39, 0.29) is 23.3 Å². The molecule has 2 unspecified atom stereocenters. The second kappa shape index (κ2) is 12.1. The molecule has 9 nitrogen and oxygen atoms in total. The van der Waals surface area contributed by atoms with Crippen molar-refractivity contribution in [3.63, 3.8) is 0 Å². The zero-order valence-corrected chi connectivity index (χ0v) is 24.2. The molecule has 4 aromatic rings. The third-order valence-corrected chi connectivity index (χ3v) is 8.10. The van der Waals surface area contributed by atoms with Crippen molar-refractivity contribution < 1.29 is 19.1 Å². The smallest absolute Gasteiger partial charge is 0.255 e. The van der Waals surface area contributed by atoms with Crippen molar-refractivity contribution in [1.82, 2.24) is 4.57 Å². The Morgan fingerprint density at radius 1 is 0.837 bits per heavy atom. The summed E-state index contributed by atoms with van der Waals surface area (Å²) in [6.07, 6.45) is 1.01. The van der Waals surface area contributed by atoms with E-state index in [4.69, 9.17) is 9.47 Å². The number of piperidine rings is 1. The van der Waals surface area contributed by atoms with Crippen LogP contribution in [0.1, 0.15) is 45.7 Å². The molecule has 0 spiro atoms. The lowest BCUT2D eigenvalue weighted by atomic mass is 9.83. The van der Waals surface area contributed by atoms with Gasteiger partial charge in [0.25, 0.3) is 17.4 Å². The number of aromatic nitrogens is 1. The van der Waals surface area contributed by atoms with Crippen LogP contribution in [0.3, 0.4) is 0 Å². The number of fused-ring (bicyclic) bond motifs is 4. The lowest BCUT2D eigenvalue weighted by molar-refractivity contribution is 0.101. The van der Waals surface area contributed by atoms with Crippen LogP contribution in [0.2, 0.25) is 0 Å². The maximum Gasteiger partial charge on any atom is 0.255 e. The normalized spacial score (nSPS) is 17.0. The van der Waals surface area contributed by atoms with Crippen molar-refractivity contribution in [2.24, 2.45) is 5.92 Å². The number of rotatable bonds is 8. The van der Waals surface area contributed by atoms with E-state index in [1.807, 2.05) is 41.8 Å². The molecule has 3 heterocycles. The second-order valence-electron chi connectivity index (χ2n) is 10.9. The molecule has 6 rings (SSSR count). The summed E-state index contributed by atoms with van der Waals surface area (Å²) in [6.45, 7) is 4.58. The highest BCUT2D eigenvalue weighted by molar-refractivity contribution is 6.09. The highest BCUT2D eigenvalue weighted by atomic mass is 16.5. The predicted octanol–water partition coefficient (Wildman–Crippen LogP) is 5.38. The van der Waals surface area contributed by atoms with Gasteiger partial charge in [0.05, 0.1) is 25.1 Å². The molecule has 2 N–H and O–H groups in total. The zero-order chi connectivity index (χ0) is 29.9. The van der Waals surface area contributed by atoms with Gasteiger partial charge in [-0.3, -0.25) is 14.4 Å². The molecule has 3 aromatic carbocycles. The molecule has 0 radical (unpaired) electrons. The topological polar surface area (TPSA) is 102 Å². The third kappa shape index (κ3) is 5.97. The van der Waals surface area contributed by atoms with Crippen LogP contribution in [0, 0.1) is 5.92 Å². The number of ether oxygens (including phenoxy) is 2. The van der Waals surface area contributed by atoms with Crippen molar-refractivity contribution in [3.8, 4) is 11.5 Å². The van der Waals surface area contributed by atoms with Gasteiger partial charge in [-0.1, -0.05) is 6.07 Å². The summed E-state index contributed by atoms with van der Waals surface area (Å²) in [6, 6.07) is 25.0. The van der Waals surface area contributed by atoms with Gasteiger partial charge in [0.2, 0.25) is 0 Å². The molecule has 0 saturated carbocycles. The van der Waals surface area contributed by atoms with Crippen molar-refractivity contribution >= 4 is 28.9 Å². The molecule has 1 saturated heterocycles. The molecule has 220 valence electrons. The zero-order valence-electron chi connectivity index (χ0n) is 24.2. The number of pyridine rings is 1. The molecule has 1 aromatic heterocycles. The maximum atomic E-state index is 13.4. The first-order chi connectivity index (χ1) is 20.9. The first-order valence-electron chi connectivity index (χ1n) is 14.5. The first-order valence-corrected chi connectivity index (χ1v) is 14.5. The van der Waals surface area contributed by atoms with E-state index < -0.39 is 0 Å². The molecular formula is C34H34N4O5. The van der Waals surface area contributed by atoms with E-state index in [0.29, 0.717) is 53.9 Å². The third-order valence-electron chi connectivity index (χ3n) is 8.10. The van der Waals surface area contributed by atoms with Crippen LogP contribution in [-0.4, -0.2) is 43.2 Å². The summed E-state index contributed by atoms with van der Waals surface area (Å²) in [4.78, 5) is 41.5. The number of hydrogen-bond acceptors (Lipinski definition) is 6. The van der Waals surface area contributed by atoms with Gasteiger partial charge in [0.1, 0.15) is 11.5 Å². The van der Waals surface area contributed by atoms with Gasteiger partial charge in [-0.25, -0.2) is 0 Å². The summed E-state index contributed by atoms with van der Waals surface area (Å²) in [5.74, 6) is 1.28. The van der Waals surface area contributed by atoms with Crippen LogP contribution in [0.4, 0.5) is 17.1 Å². The Balaban J connectivity index is 1.29. The van der Waals surface area contributed by atoms with Gasteiger partial charge in [-0.15, -0.1) is 0 Å². The minimum atomic E-state index is -0.292. The minimum Gasteiger partial charge on any atom is -0.497 e. The summed E-state index contributed by atoms with van der Waals surface area (Å²) >= 11 is 0. The molecule has 1 fully saturated rings. The summed E-state index contributed by atoms with van der Waals surface area (Å²) < 4.78 is 12.6. The Morgan fingerprint density at radius 2 is 1.56 bits per heavy atom. The number of benzene rings is 3. The largest absolute Gasteiger partial charge is 0.497 e. The monoisotopic (exact) mass is 578 g/mol. The molecule has 2 aliphatic heterocycles. The Labute approximate surface area is 250 Å². The number of hydrogen-bond donors (Lipinski definition) is 2. The number of carbonyl (C=O) groups is 2. The highest BCUT2D eigenvalue weighted by Crippen LogP contribution is 2.39. The van der Waals surface area contributed by atoms with Gasteiger partial charge in [0, 0.05) is 54.1 Å². The van der Waals surface area contributed by atoms with E-state index in [1.165, 1.54) is 0 Å². The fourth-order valence-corrected chi connectivity index (χ4v) is 6.09. The highest BCUT2D eigenvalue weighted by Gasteiger charge is 2.35. The minimum absolute atomic E-state index is 0.0380. The van der Waals surface area contributed by atoms with E-state index in [2.05, 4.69) is 15.5 Å². The fraction of sp³-hybridized carbons (Fsp3) is 0.265. The number of nitrogens with one attached hydrogen (secondary N) is 2. The van der Waals surface area contributed by atoms with E-state index in [9.17, 15) is 14.4 Å². The van der Waals surface area contributed by atoms with Crippen LogP contribution in [0.15, 0.2) is 89.7 Å². The van der Waals surface area contributed by atoms with Crippen LogP contribution in [-0.2, 0) is 6.54 Å². The Bertz CT molecular complexity index is 1700. The number of amides is 2. The van der Waals surface area contributed by atoms with Crippen LogP contribution < -0.4 is 30.6 Å².